The van der Waals surface area contributed by atoms with Crippen LogP contribution in [0.2, 0.25) is 0 Å². The number of pyridine rings is 1. The van der Waals surface area contributed by atoms with Gasteiger partial charge in [0, 0.05) is 18.7 Å². The van der Waals surface area contributed by atoms with Gasteiger partial charge in [0.05, 0.1) is 18.2 Å². The Balaban J connectivity index is 1.92. The Hall–Kier alpha value is -2.82. The molecule has 1 aliphatic rings. The fourth-order valence-electron chi connectivity index (χ4n) is 3.54. The number of anilines is 1. The number of carbonyl (C=O) groups is 1. The van der Waals surface area contributed by atoms with Crippen LogP contribution < -0.4 is 9.64 Å². The molecule has 1 aliphatic heterocycles. The quantitative estimate of drug-likeness (QED) is 0.680. The molecule has 0 atom stereocenters. The van der Waals surface area contributed by atoms with Crippen LogP contribution in [0.25, 0.3) is 16.8 Å². The molecule has 0 aliphatic carbocycles. The van der Waals surface area contributed by atoms with Gasteiger partial charge in [0.2, 0.25) is 0 Å². The van der Waals surface area contributed by atoms with E-state index in [2.05, 4.69) is 11.0 Å². The monoisotopic (exact) mass is 335 g/mol. The van der Waals surface area contributed by atoms with Crippen LogP contribution in [-0.2, 0) is 0 Å². The molecule has 5 heteroatoms. The number of carbonyl (C=O) groups excluding carboxylic acids is 1. The Morgan fingerprint density at radius 1 is 1.08 bits per heavy atom. The molecule has 3 aromatic rings. The summed E-state index contributed by atoms with van der Waals surface area (Å²) in [7, 11) is 1.64. The highest BCUT2D eigenvalue weighted by Crippen LogP contribution is 2.31. The molecule has 0 bridgehead atoms. The molecule has 3 heterocycles. The summed E-state index contributed by atoms with van der Waals surface area (Å²) in [5, 5.41) is 4.82. The van der Waals surface area contributed by atoms with Crippen molar-refractivity contribution >= 4 is 17.1 Å². The molecular formula is C20H21N3O2. The Labute approximate surface area is 146 Å². The SMILES string of the molecule is COc1ccc(-c2nn3c(N4CCCC4)cccc3c2C(C)=O)cc1. The van der Waals surface area contributed by atoms with E-state index in [1.807, 2.05) is 40.9 Å². The fraction of sp³-hybridized carbons (Fsp3) is 0.300. The van der Waals surface area contributed by atoms with E-state index in [-0.39, 0.29) is 5.78 Å². The molecule has 0 radical (unpaired) electrons. The second kappa shape index (κ2) is 6.24. The minimum atomic E-state index is 0.0272. The van der Waals surface area contributed by atoms with E-state index >= 15 is 0 Å². The molecule has 0 amide bonds. The van der Waals surface area contributed by atoms with Crippen molar-refractivity contribution in [3.63, 3.8) is 0 Å². The van der Waals surface area contributed by atoms with E-state index in [0.717, 1.165) is 41.4 Å². The van der Waals surface area contributed by atoms with E-state index in [0.29, 0.717) is 5.56 Å². The van der Waals surface area contributed by atoms with Crippen molar-refractivity contribution in [2.75, 3.05) is 25.1 Å². The van der Waals surface area contributed by atoms with Gasteiger partial charge in [-0.25, -0.2) is 4.52 Å². The van der Waals surface area contributed by atoms with Gasteiger partial charge >= 0.3 is 0 Å². The van der Waals surface area contributed by atoms with Crippen LogP contribution in [0.1, 0.15) is 30.1 Å². The van der Waals surface area contributed by atoms with Crippen LogP contribution in [0.4, 0.5) is 5.82 Å². The summed E-state index contributed by atoms with van der Waals surface area (Å²) in [6.07, 6.45) is 2.39. The predicted octanol–water partition coefficient (Wildman–Crippen LogP) is 3.81. The molecule has 128 valence electrons. The van der Waals surface area contributed by atoms with Crippen molar-refractivity contribution in [3.8, 4) is 17.0 Å². The number of Topliss-reactive ketones (excluding diaryl/α,β-unsaturated/α-hetero) is 1. The molecule has 1 aromatic carbocycles. The number of ether oxygens (including phenoxy) is 1. The maximum Gasteiger partial charge on any atom is 0.164 e. The normalized spacial score (nSPS) is 14.2. The third-order valence-electron chi connectivity index (χ3n) is 4.78. The maximum absolute atomic E-state index is 12.4. The van der Waals surface area contributed by atoms with Crippen molar-refractivity contribution in [1.82, 2.24) is 9.61 Å². The smallest absolute Gasteiger partial charge is 0.164 e. The molecule has 25 heavy (non-hydrogen) atoms. The van der Waals surface area contributed by atoms with Gasteiger partial charge in [-0.05, 0) is 56.2 Å². The predicted molar refractivity (Wildman–Crippen MR) is 98.6 cm³/mol. The third kappa shape index (κ3) is 2.65. The van der Waals surface area contributed by atoms with E-state index in [1.54, 1.807) is 14.0 Å². The summed E-state index contributed by atoms with van der Waals surface area (Å²) in [4.78, 5) is 14.7. The topological polar surface area (TPSA) is 46.8 Å². The maximum atomic E-state index is 12.4. The van der Waals surface area contributed by atoms with Crippen molar-refractivity contribution in [2.45, 2.75) is 19.8 Å². The second-order valence-electron chi connectivity index (χ2n) is 6.38. The van der Waals surface area contributed by atoms with E-state index < -0.39 is 0 Å². The average Bonchev–Trinajstić information content (AvgIpc) is 3.29. The highest BCUT2D eigenvalue weighted by molar-refractivity contribution is 6.06. The first kappa shape index (κ1) is 15.7. The van der Waals surface area contributed by atoms with E-state index in [9.17, 15) is 4.79 Å². The van der Waals surface area contributed by atoms with Gasteiger partial charge in [-0.1, -0.05) is 6.07 Å². The lowest BCUT2D eigenvalue weighted by Gasteiger charge is -2.18. The number of rotatable bonds is 4. The Kier molecular flexibility index (Phi) is 3.92. The average molecular weight is 335 g/mol. The third-order valence-corrected chi connectivity index (χ3v) is 4.78. The van der Waals surface area contributed by atoms with Gasteiger partial charge < -0.3 is 9.64 Å². The molecular weight excluding hydrogens is 314 g/mol. The number of benzene rings is 1. The highest BCUT2D eigenvalue weighted by Gasteiger charge is 2.22. The van der Waals surface area contributed by atoms with Crippen LogP contribution in [0.15, 0.2) is 42.5 Å². The Morgan fingerprint density at radius 3 is 2.44 bits per heavy atom. The molecule has 1 saturated heterocycles. The minimum Gasteiger partial charge on any atom is -0.497 e. The number of hydrogen-bond donors (Lipinski definition) is 0. The standard InChI is InChI=1S/C20H21N3O2/c1-14(24)19-17-6-5-7-18(22-12-3-4-13-22)23(17)21-20(19)15-8-10-16(25-2)11-9-15/h5-11H,3-4,12-13H2,1-2H3. The number of methoxy groups -OCH3 is 1. The van der Waals surface area contributed by atoms with Gasteiger partial charge in [-0.2, -0.15) is 5.10 Å². The number of fused-ring (bicyclic) bond motifs is 1. The summed E-state index contributed by atoms with van der Waals surface area (Å²) in [6.45, 7) is 3.67. The summed E-state index contributed by atoms with van der Waals surface area (Å²) in [6, 6.07) is 13.7. The molecule has 5 nitrogen and oxygen atoms in total. The fourth-order valence-corrected chi connectivity index (χ4v) is 3.54. The zero-order valence-electron chi connectivity index (χ0n) is 14.5. The Bertz CT molecular complexity index is 922. The molecule has 0 N–H and O–H groups in total. The lowest BCUT2D eigenvalue weighted by Crippen LogP contribution is -2.20. The van der Waals surface area contributed by atoms with Crippen LogP contribution in [0.3, 0.4) is 0 Å². The number of aromatic nitrogens is 2. The minimum absolute atomic E-state index is 0.0272. The first-order valence-corrected chi connectivity index (χ1v) is 8.61. The largest absolute Gasteiger partial charge is 0.497 e. The van der Waals surface area contributed by atoms with Crippen LogP contribution >= 0.6 is 0 Å². The molecule has 4 rings (SSSR count). The molecule has 2 aromatic heterocycles. The highest BCUT2D eigenvalue weighted by atomic mass is 16.5. The summed E-state index contributed by atoms with van der Waals surface area (Å²) >= 11 is 0. The zero-order valence-corrected chi connectivity index (χ0v) is 14.5. The van der Waals surface area contributed by atoms with E-state index in [4.69, 9.17) is 9.84 Å². The van der Waals surface area contributed by atoms with Gasteiger partial charge in [0.1, 0.15) is 17.3 Å². The number of ketones is 1. The van der Waals surface area contributed by atoms with E-state index in [1.165, 1.54) is 12.8 Å². The summed E-state index contributed by atoms with van der Waals surface area (Å²) in [5.41, 5.74) is 3.18. The van der Waals surface area contributed by atoms with Crippen LogP contribution in [0, 0.1) is 0 Å². The second-order valence-corrected chi connectivity index (χ2v) is 6.38. The van der Waals surface area contributed by atoms with Crippen LogP contribution in [0.5, 0.6) is 5.75 Å². The number of nitrogens with zero attached hydrogens (tertiary/aromatic N) is 3. The lowest BCUT2D eigenvalue weighted by atomic mass is 10.0. The van der Waals surface area contributed by atoms with Crippen molar-refractivity contribution in [3.05, 3.63) is 48.0 Å². The summed E-state index contributed by atoms with van der Waals surface area (Å²) < 4.78 is 7.15. The van der Waals surface area contributed by atoms with Gasteiger partial charge in [-0.15, -0.1) is 0 Å². The first-order valence-electron chi connectivity index (χ1n) is 8.61. The van der Waals surface area contributed by atoms with Crippen molar-refractivity contribution in [1.29, 1.82) is 0 Å². The van der Waals surface area contributed by atoms with Gasteiger partial charge in [0.25, 0.3) is 0 Å². The zero-order chi connectivity index (χ0) is 17.4. The van der Waals surface area contributed by atoms with Gasteiger partial charge in [-0.3, -0.25) is 4.79 Å². The lowest BCUT2D eigenvalue weighted by molar-refractivity contribution is 0.102. The van der Waals surface area contributed by atoms with Gasteiger partial charge in [0.15, 0.2) is 5.78 Å². The number of hydrogen-bond acceptors (Lipinski definition) is 4. The van der Waals surface area contributed by atoms with Crippen molar-refractivity contribution in [2.24, 2.45) is 0 Å². The summed E-state index contributed by atoms with van der Waals surface area (Å²) in [5.74, 6) is 1.87. The first-order chi connectivity index (χ1) is 12.2. The van der Waals surface area contributed by atoms with Crippen molar-refractivity contribution < 1.29 is 9.53 Å². The molecule has 0 saturated carbocycles. The van der Waals surface area contributed by atoms with Crippen LogP contribution in [-0.4, -0.2) is 35.6 Å². The molecule has 0 unspecified atom stereocenters. The molecule has 0 spiro atoms. The Morgan fingerprint density at radius 2 is 1.80 bits per heavy atom. The molecule has 1 fully saturated rings.